The smallest absolute Gasteiger partial charge is 0.337 e. The zero-order valence-electron chi connectivity index (χ0n) is 22.0. The molecular weight excluding hydrogens is 434 g/mol. The number of rotatable bonds is 17. The molecule has 0 saturated carbocycles. The van der Waals surface area contributed by atoms with E-state index in [-0.39, 0.29) is 50.8 Å². The number of hydrogen-bond donors (Lipinski definition) is 1. The van der Waals surface area contributed by atoms with Crippen molar-refractivity contribution in [2.24, 2.45) is 5.73 Å². The van der Waals surface area contributed by atoms with E-state index in [0.29, 0.717) is 0 Å². The second-order valence-corrected chi connectivity index (χ2v) is 9.31. The van der Waals surface area contributed by atoms with Crippen molar-refractivity contribution in [3.05, 3.63) is 0 Å². The quantitative estimate of drug-likeness (QED) is 0.245. The first-order valence-electron chi connectivity index (χ1n) is 11.3. The lowest BCUT2D eigenvalue weighted by Gasteiger charge is -2.29. The molecule has 0 aliphatic rings. The Kier molecular flexibility index (Phi) is 14.3. The van der Waals surface area contributed by atoms with Crippen molar-refractivity contribution in [2.45, 2.75) is 104 Å². The maximum Gasteiger partial charge on any atom is 0.337 e. The normalized spacial score (nSPS) is 17.1. The van der Waals surface area contributed by atoms with Crippen LogP contribution in [0.25, 0.3) is 0 Å². The average Bonchev–Trinajstić information content (AvgIpc) is 2.68. The SMILES string of the molecule is COC(C)COC(=O)C(C)(C)OC(C)COCC(C)OC(C)(C)C(=O)OCC(C)OC(C)N. The zero-order chi connectivity index (χ0) is 25.8. The van der Waals surface area contributed by atoms with Crippen molar-refractivity contribution < 1.29 is 42.7 Å². The molecule has 33 heavy (non-hydrogen) atoms. The van der Waals surface area contributed by atoms with E-state index in [1.807, 2.05) is 0 Å². The van der Waals surface area contributed by atoms with Gasteiger partial charge in [-0.05, 0) is 62.3 Å². The summed E-state index contributed by atoms with van der Waals surface area (Å²) >= 11 is 0. The number of carbonyl (C=O) groups excluding carboxylic acids is 2. The summed E-state index contributed by atoms with van der Waals surface area (Å²) in [6, 6.07) is 0. The number of carbonyl (C=O) groups is 2. The van der Waals surface area contributed by atoms with Crippen LogP contribution in [0.2, 0.25) is 0 Å². The number of ether oxygens (including phenoxy) is 7. The molecule has 0 aliphatic heterocycles. The predicted molar refractivity (Wildman–Crippen MR) is 123 cm³/mol. The van der Waals surface area contributed by atoms with Gasteiger partial charge in [0.15, 0.2) is 11.2 Å². The molecular formula is C23H45NO9. The molecule has 0 saturated heterocycles. The summed E-state index contributed by atoms with van der Waals surface area (Å²) in [5, 5.41) is 0. The Morgan fingerprint density at radius 3 is 1.45 bits per heavy atom. The minimum absolute atomic E-state index is 0.0789. The highest BCUT2D eigenvalue weighted by Gasteiger charge is 2.34. The largest absolute Gasteiger partial charge is 0.461 e. The molecule has 0 amide bonds. The summed E-state index contributed by atoms with van der Waals surface area (Å²) in [6.07, 6.45) is -1.71. The van der Waals surface area contributed by atoms with Crippen molar-refractivity contribution in [3.8, 4) is 0 Å². The first kappa shape index (κ1) is 31.7. The van der Waals surface area contributed by atoms with Crippen molar-refractivity contribution in [2.75, 3.05) is 33.5 Å². The Hall–Kier alpha value is -1.30. The van der Waals surface area contributed by atoms with Gasteiger partial charge in [-0.1, -0.05) is 0 Å². The van der Waals surface area contributed by atoms with Gasteiger partial charge < -0.3 is 38.9 Å². The molecule has 5 atom stereocenters. The van der Waals surface area contributed by atoms with E-state index < -0.39 is 29.4 Å². The summed E-state index contributed by atoms with van der Waals surface area (Å²) in [5.41, 5.74) is 3.26. The van der Waals surface area contributed by atoms with E-state index in [9.17, 15) is 9.59 Å². The van der Waals surface area contributed by atoms with Crippen LogP contribution in [-0.4, -0.2) is 87.3 Å². The molecule has 0 rings (SSSR count). The molecule has 10 nitrogen and oxygen atoms in total. The Labute approximate surface area is 198 Å². The van der Waals surface area contributed by atoms with Gasteiger partial charge >= 0.3 is 11.9 Å². The third-order valence-corrected chi connectivity index (χ3v) is 4.43. The summed E-state index contributed by atoms with van der Waals surface area (Å²) in [5.74, 6) is -0.981. The Morgan fingerprint density at radius 2 is 1.09 bits per heavy atom. The highest BCUT2D eigenvalue weighted by molar-refractivity contribution is 5.79. The second-order valence-electron chi connectivity index (χ2n) is 9.31. The van der Waals surface area contributed by atoms with Gasteiger partial charge in [0.2, 0.25) is 0 Å². The maximum absolute atomic E-state index is 12.4. The number of nitrogens with two attached hydrogens (primary N) is 1. The van der Waals surface area contributed by atoms with Crippen LogP contribution >= 0.6 is 0 Å². The average molecular weight is 480 g/mol. The third kappa shape index (κ3) is 13.9. The molecule has 0 aromatic carbocycles. The predicted octanol–water partition coefficient (Wildman–Crippen LogP) is 2.20. The third-order valence-electron chi connectivity index (χ3n) is 4.43. The fourth-order valence-electron chi connectivity index (χ4n) is 2.78. The van der Waals surface area contributed by atoms with Gasteiger partial charge in [-0.2, -0.15) is 0 Å². The lowest BCUT2D eigenvalue weighted by molar-refractivity contribution is -0.185. The summed E-state index contributed by atoms with van der Waals surface area (Å²) in [4.78, 5) is 24.6. The molecule has 196 valence electrons. The van der Waals surface area contributed by atoms with Gasteiger partial charge in [0, 0.05) is 7.11 Å². The van der Waals surface area contributed by atoms with Gasteiger partial charge in [-0.3, -0.25) is 0 Å². The topological polar surface area (TPSA) is 125 Å². The van der Waals surface area contributed by atoms with E-state index in [1.165, 1.54) is 0 Å². The standard InChI is InChI=1S/C23H45NO9/c1-15(27-10)13-29-20(25)22(6,7)32-17(3)11-28-12-18(4)33-23(8,9)21(26)30-14-16(2)31-19(5)24/h15-19H,11-14,24H2,1-10H3. The summed E-state index contributed by atoms with van der Waals surface area (Å²) in [7, 11) is 1.55. The molecule has 0 aromatic rings. The Bertz CT molecular complexity index is 580. The minimum Gasteiger partial charge on any atom is -0.461 e. The van der Waals surface area contributed by atoms with Gasteiger partial charge in [-0.25, -0.2) is 9.59 Å². The summed E-state index contributed by atoms with van der Waals surface area (Å²) in [6.45, 7) is 16.1. The van der Waals surface area contributed by atoms with Crippen LogP contribution in [0, 0.1) is 0 Å². The maximum atomic E-state index is 12.4. The fraction of sp³-hybridized carbons (Fsp3) is 0.913. The summed E-state index contributed by atoms with van der Waals surface area (Å²) < 4.78 is 38.2. The molecule has 5 unspecified atom stereocenters. The van der Waals surface area contributed by atoms with E-state index >= 15 is 0 Å². The molecule has 2 N–H and O–H groups in total. The number of hydrogen-bond acceptors (Lipinski definition) is 10. The number of esters is 2. The van der Waals surface area contributed by atoms with Crippen LogP contribution in [0.5, 0.6) is 0 Å². The van der Waals surface area contributed by atoms with Gasteiger partial charge in [0.05, 0.1) is 37.6 Å². The van der Waals surface area contributed by atoms with Crippen molar-refractivity contribution >= 4 is 11.9 Å². The zero-order valence-corrected chi connectivity index (χ0v) is 22.0. The van der Waals surface area contributed by atoms with Crippen LogP contribution in [-0.2, 0) is 42.7 Å². The monoisotopic (exact) mass is 479 g/mol. The van der Waals surface area contributed by atoms with E-state index in [4.69, 9.17) is 38.9 Å². The van der Waals surface area contributed by atoms with Crippen molar-refractivity contribution in [3.63, 3.8) is 0 Å². The van der Waals surface area contributed by atoms with Crippen LogP contribution in [0.4, 0.5) is 0 Å². The molecule has 0 spiro atoms. The molecule has 0 radical (unpaired) electrons. The molecule has 10 heteroatoms. The fourth-order valence-corrected chi connectivity index (χ4v) is 2.78. The molecule has 0 heterocycles. The van der Waals surface area contributed by atoms with Crippen LogP contribution < -0.4 is 5.73 Å². The molecule has 0 aliphatic carbocycles. The lowest BCUT2D eigenvalue weighted by atomic mass is 10.1. The van der Waals surface area contributed by atoms with E-state index in [2.05, 4.69) is 0 Å². The van der Waals surface area contributed by atoms with Gasteiger partial charge in [0.1, 0.15) is 19.4 Å². The van der Waals surface area contributed by atoms with Gasteiger partial charge in [-0.15, -0.1) is 0 Å². The number of methoxy groups -OCH3 is 1. The minimum atomic E-state index is -1.16. The van der Waals surface area contributed by atoms with E-state index in [1.54, 1.807) is 69.4 Å². The van der Waals surface area contributed by atoms with E-state index in [0.717, 1.165) is 0 Å². The Morgan fingerprint density at radius 1 is 0.697 bits per heavy atom. The highest BCUT2D eigenvalue weighted by Crippen LogP contribution is 2.17. The highest BCUT2D eigenvalue weighted by atomic mass is 16.6. The molecule has 0 bridgehead atoms. The molecule has 0 fully saturated rings. The first-order chi connectivity index (χ1) is 15.1. The van der Waals surface area contributed by atoms with Gasteiger partial charge in [0.25, 0.3) is 0 Å². The lowest BCUT2D eigenvalue weighted by Crippen LogP contribution is -2.43. The van der Waals surface area contributed by atoms with Crippen LogP contribution in [0.1, 0.15) is 62.3 Å². The Balaban J connectivity index is 4.38. The van der Waals surface area contributed by atoms with Crippen LogP contribution in [0.15, 0.2) is 0 Å². The van der Waals surface area contributed by atoms with Crippen molar-refractivity contribution in [1.29, 1.82) is 0 Å². The second kappa shape index (κ2) is 14.9. The molecule has 0 aromatic heterocycles. The van der Waals surface area contributed by atoms with Crippen LogP contribution in [0.3, 0.4) is 0 Å². The van der Waals surface area contributed by atoms with Crippen molar-refractivity contribution in [1.82, 2.24) is 0 Å². The first-order valence-corrected chi connectivity index (χ1v) is 11.3.